The molecule has 1 aromatic carbocycles. The Morgan fingerprint density at radius 2 is 2.07 bits per heavy atom. The number of amides is 1. The van der Waals surface area contributed by atoms with Crippen molar-refractivity contribution in [3.63, 3.8) is 0 Å². The van der Waals surface area contributed by atoms with E-state index in [1.54, 1.807) is 0 Å². The SMILES string of the molecule is O=C(N[C@@H]1CN2CCC1CC2)c1nsc2cc(OCC3CC3)ccc12.O=CO. The molecule has 7 nitrogen and oxygen atoms in total. The molecule has 28 heavy (non-hydrogen) atoms. The van der Waals surface area contributed by atoms with Gasteiger partial charge in [0.15, 0.2) is 0 Å². The van der Waals surface area contributed by atoms with Crippen LogP contribution in [-0.2, 0) is 4.79 Å². The minimum atomic E-state index is -0.250. The lowest BCUT2D eigenvalue weighted by molar-refractivity contribution is -0.122. The van der Waals surface area contributed by atoms with E-state index < -0.39 is 0 Å². The third-order valence-corrected chi connectivity index (χ3v) is 6.62. The van der Waals surface area contributed by atoms with Crippen LogP contribution in [0.2, 0.25) is 0 Å². The fraction of sp³-hybridized carbons (Fsp3) is 0.550. The van der Waals surface area contributed by atoms with Gasteiger partial charge < -0.3 is 20.1 Å². The molecule has 1 amide bonds. The Morgan fingerprint density at radius 1 is 1.32 bits per heavy atom. The Labute approximate surface area is 167 Å². The predicted octanol–water partition coefficient (Wildman–Crippen LogP) is 2.61. The average molecular weight is 404 g/mol. The molecular formula is C20H25N3O4S. The van der Waals surface area contributed by atoms with E-state index in [4.69, 9.17) is 14.6 Å². The molecule has 0 unspecified atom stereocenters. The van der Waals surface area contributed by atoms with Crippen molar-refractivity contribution >= 4 is 34.0 Å². The number of rotatable bonds is 5. The number of carbonyl (C=O) groups excluding carboxylic acids is 1. The molecule has 6 rings (SSSR count). The standard InChI is InChI=1S/C19H23N3O2S.CH2O2/c23-19(20-16-10-22-7-5-13(16)6-8-22)18-15-4-3-14(9-17(15)25-21-18)24-11-12-1-2-12;2-1-3/h3-4,9,12-13,16H,1-2,5-8,10-11H2,(H,20,23);1H,(H,2,3)/t16-;/m1./s1. The number of nitrogens with one attached hydrogen (secondary N) is 1. The van der Waals surface area contributed by atoms with E-state index in [0.717, 1.165) is 34.9 Å². The Kier molecular flexibility index (Phi) is 5.77. The maximum absolute atomic E-state index is 12.8. The van der Waals surface area contributed by atoms with Gasteiger partial charge in [-0.3, -0.25) is 9.59 Å². The van der Waals surface area contributed by atoms with Gasteiger partial charge in [-0.2, -0.15) is 4.37 Å². The zero-order valence-electron chi connectivity index (χ0n) is 15.7. The molecule has 4 fully saturated rings. The van der Waals surface area contributed by atoms with Crippen LogP contribution in [0.25, 0.3) is 10.1 Å². The summed E-state index contributed by atoms with van der Waals surface area (Å²) in [5.74, 6) is 2.21. The summed E-state index contributed by atoms with van der Waals surface area (Å²) in [6, 6.07) is 6.23. The average Bonchev–Trinajstić information content (AvgIpc) is 3.45. The number of benzene rings is 1. The molecule has 1 aromatic heterocycles. The molecule has 1 aliphatic carbocycles. The van der Waals surface area contributed by atoms with Crippen molar-refractivity contribution < 1.29 is 19.4 Å². The normalized spacial score (nSPS) is 25.6. The van der Waals surface area contributed by atoms with Crippen LogP contribution in [-0.4, -0.2) is 59.0 Å². The summed E-state index contributed by atoms with van der Waals surface area (Å²) in [7, 11) is 0. The van der Waals surface area contributed by atoms with Gasteiger partial charge in [0.2, 0.25) is 0 Å². The fourth-order valence-electron chi connectivity index (χ4n) is 4.04. The van der Waals surface area contributed by atoms with Crippen molar-refractivity contribution in [2.24, 2.45) is 11.8 Å². The first-order chi connectivity index (χ1) is 13.7. The molecule has 150 valence electrons. The van der Waals surface area contributed by atoms with Crippen molar-refractivity contribution in [2.75, 3.05) is 26.2 Å². The Balaban J connectivity index is 0.000000604. The molecule has 4 heterocycles. The highest BCUT2D eigenvalue weighted by Gasteiger charge is 2.35. The van der Waals surface area contributed by atoms with E-state index in [-0.39, 0.29) is 18.4 Å². The van der Waals surface area contributed by atoms with Crippen molar-refractivity contribution in [1.82, 2.24) is 14.6 Å². The number of ether oxygens (including phenoxy) is 1. The summed E-state index contributed by atoms with van der Waals surface area (Å²) in [6.45, 7) is 3.90. The number of carboxylic acid groups (broad SMARTS) is 1. The van der Waals surface area contributed by atoms with Gasteiger partial charge in [-0.25, -0.2) is 0 Å². The maximum Gasteiger partial charge on any atom is 0.290 e. The van der Waals surface area contributed by atoms with Crippen LogP contribution in [0.3, 0.4) is 0 Å². The zero-order valence-corrected chi connectivity index (χ0v) is 16.5. The van der Waals surface area contributed by atoms with Crippen LogP contribution in [0.4, 0.5) is 0 Å². The number of nitrogens with zero attached hydrogens (tertiary/aromatic N) is 2. The van der Waals surface area contributed by atoms with Crippen LogP contribution in [0.15, 0.2) is 18.2 Å². The van der Waals surface area contributed by atoms with Gasteiger partial charge in [-0.05, 0) is 80.3 Å². The molecule has 0 spiro atoms. The van der Waals surface area contributed by atoms with E-state index >= 15 is 0 Å². The molecule has 0 radical (unpaired) electrons. The van der Waals surface area contributed by atoms with Gasteiger partial charge in [0.25, 0.3) is 12.4 Å². The van der Waals surface area contributed by atoms with Gasteiger partial charge in [-0.1, -0.05) is 0 Å². The molecule has 4 aliphatic rings. The monoisotopic (exact) mass is 403 g/mol. The Morgan fingerprint density at radius 3 is 2.71 bits per heavy atom. The largest absolute Gasteiger partial charge is 0.493 e. The first kappa shape index (κ1) is 19.1. The quantitative estimate of drug-likeness (QED) is 0.746. The molecule has 2 N–H and O–H groups in total. The lowest BCUT2D eigenvalue weighted by Gasteiger charge is -2.44. The van der Waals surface area contributed by atoms with Crippen LogP contribution < -0.4 is 10.1 Å². The molecule has 2 bridgehead atoms. The van der Waals surface area contributed by atoms with E-state index in [1.165, 1.54) is 50.3 Å². The molecule has 3 saturated heterocycles. The molecule has 2 aromatic rings. The number of hydrogen-bond donors (Lipinski definition) is 2. The van der Waals surface area contributed by atoms with Gasteiger partial charge in [0.05, 0.1) is 11.3 Å². The highest BCUT2D eigenvalue weighted by Crippen LogP contribution is 2.32. The van der Waals surface area contributed by atoms with Crippen LogP contribution >= 0.6 is 11.5 Å². The highest BCUT2D eigenvalue weighted by atomic mass is 32.1. The molecule has 3 aliphatic heterocycles. The summed E-state index contributed by atoms with van der Waals surface area (Å²) < 4.78 is 11.3. The first-order valence-corrected chi connectivity index (χ1v) is 10.6. The second-order valence-electron chi connectivity index (χ2n) is 7.77. The van der Waals surface area contributed by atoms with Crippen LogP contribution in [0.1, 0.15) is 36.2 Å². The summed E-state index contributed by atoms with van der Waals surface area (Å²) in [5.41, 5.74) is 0.560. The van der Waals surface area contributed by atoms with Crippen molar-refractivity contribution in [3.05, 3.63) is 23.9 Å². The molecule has 8 heteroatoms. The predicted molar refractivity (Wildman–Crippen MR) is 107 cm³/mol. The fourth-order valence-corrected chi connectivity index (χ4v) is 4.84. The Bertz CT molecular complexity index is 843. The van der Waals surface area contributed by atoms with Gasteiger partial charge in [0.1, 0.15) is 11.4 Å². The lowest BCUT2D eigenvalue weighted by Crippen LogP contribution is -2.57. The van der Waals surface area contributed by atoms with E-state index in [2.05, 4.69) is 14.6 Å². The van der Waals surface area contributed by atoms with Gasteiger partial charge >= 0.3 is 0 Å². The second kappa shape index (κ2) is 8.45. The first-order valence-electron chi connectivity index (χ1n) is 9.81. The highest BCUT2D eigenvalue weighted by molar-refractivity contribution is 7.13. The van der Waals surface area contributed by atoms with Gasteiger partial charge in [0, 0.05) is 18.0 Å². The third-order valence-electron chi connectivity index (χ3n) is 5.81. The summed E-state index contributed by atoms with van der Waals surface area (Å²) in [5, 5.41) is 11.1. The Hall–Kier alpha value is -2.19. The third kappa shape index (κ3) is 4.28. The molecule has 1 saturated carbocycles. The summed E-state index contributed by atoms with van der Waals surface area (Å²) >= 11 is 1.38. The van der Waals surface area contributed by atoms with Crippen molar-refractivity contribution in [1.29, 1.82) is 0 Å². The van der Waals surface area contributed by atoms with Crippen molar-refractivity contribution in [2.45, 2.75) is 31.7 Å². The topological polar surface area (TPSA) is 91.8 Å². The van der Waals surface area contributed by atoms with E-state index in [1.807, 2.05) is 18.2 Å². The molecular weight excluding hydrogens is 378 g/mol. The number of piperidine rings is 3. The summed E-state index contributed by atoms with van der Waals surface area (Å²) in [4.78, 5) is 23.6. The van der Waals surface area contributed by atoms with Crippen LogP contribution in [0.5, 0.6) is 5.75 Å². The van der Waals surface area contributed by atoms with Gasteiger partial charge in [-0.15, -0.1) is 0 Å². The maximum atomic E-state index is 12.8. The molecule has 1 atom stereocenters. The summed E-state index contributed by atoms with van der Waals surface area (Å²) in [6.07, 6.45) is 4.97. The number of aromatic nitrogens is 1. The van der Waals surface area contributed by atoms with E-state index in [0.29, 0.717) is 11.6 Å². The second-order valence-corrected chi connectivity index (χ2v) is 8.57. The number of hydrogen-bond acceptors (Lipinski definition) is 6. The van der Waals surface area contributed by atoms with Crippen molar-refractivity contribution in [3.8, 4) is 5.75 Å². The minimum Gasteiger partial charge on any atom is -0.493 e. The van der Waals surface area contributed by atoms with Crippen LogP contribution in [0, 0.1) is 11.8 Å². The number of carbonyl (C=O) groups is 2. The van der Waals surface area contributed by atoms with E-state index in [9.17, 15) is 4.79 Å². The number of fused-ring (bicyclic) bond motifs is 4. The smallest absolute Gasteiger partial charge is 0.290 e. The zero-order chi connectivity index (χ0) is 19.5. The minimum absolute atomic E-state index is 0.0309. The lowest BCUT2D eigenvalue weighted by atomic mass is 9.84.